The predicted molar refractivity (Wildman–Crippen MR) is 69.2 cm³/mol. The molecule has 2 aliphatic rings. The maximum atomic E-state index is 9.28. The van der Waals surface area contributed by atoms with Gasteiger partial charge in [-0.2, -0.15) is 0 Å². The third-order valence-electron chi connectivity index (χ3n) is 3.64. The molecule has 4 heteroatoms. The zero-order valence-electron chi connectivity index (χ0n) is 9.63. The molecule has 3 rings (SSSR count). The molecule has 0 radical (unpaired) electrons. The number of fused-ring (bicyclic) bond motifs is 1. The third kappa shape index (κ3) is 2.21. The van der Waals surface area contributed by atoms with Crippen LogP contribution >= 0.6 is 15.9 Å². The Balaban J connectivity index is 1.78. The number of rotatable bonds is 4. The van der Waals surface area contributed by atoms with E-state index in [1.54, 1.807) is 0 Å². The molecule has 0 aromatic heterocycles. The number of hydrogen-bond donors (Lipinski definition) is 2. The van der Waals surface area contributed by atoms with E-state index in [9.17, 15) is 5.11 Å². The fourth-order valence-electron chi connectivity index (χ4n) is 2.30. The van der Waals surface area contributed by atoms with E-state index >= 15 is 0 Å². The van der Waals surface area contributed by atoms with Crippen molar-refractivity contribution in [3.8, 4) is 5.75 Å². The number of halogens is 1. The molecule has 1 fully saturated rings. The van der Waals surface area contributed by atoms with E-state index < -0.39 is 0 Å². The maximum Gasteiger partial charge on any atom is 0.127 e. The van der Waals surface area contributed by atoms with Gasteiger partial charge in [0, 0.05) is 28.5 Å². The van der Waals surface area contributed by atoms with Gasteiger partial charge in [-0.1, -0.05) is 15.9 Å². The van der Waals surface area contributed by atoms with Gasteiger partial charge in [-0.15, -0.1) is 0 Å². The standard InChI is InChI=1S/C13H16BrNO2/c14-11-5-9-1-4-17-12(9)10(6-11)7-15-13(8-16)2-3-13/h5-6,15-16H,1-4,7-8H2. The second kappa shape index (κ2) is 4.26. The maximum absolute atomic E-state index is 9.28. The summed E-state index contributed by atoms with van der Waals surface area (Å²) in [5.41, 5.74) is 2.45. The number of nitrogens with one attached hydrogen (secondary N) is 1. The number of benzene rings is 1. The van der Waals surface area contributed by atoms with Crippen LogP contribution in [0, 0.1) is 0 Å². The molecule has 2 N–H and O–H groups in total. The molecule has 3 nitrogen and oxygen atoms in total. The summed E-state index contributed by atoms with van der Waals surface area (Å²) in [6.45, 7) is 1.77. The largest absolute Gasteiger partial charge is 0.493 e. The van der Waals surface area contributed by atoms with Gasteiger partial charge in [-0.25, -0.2) is 0 Å². The van der Waals surface area contributed by atoms with E-state index in [0.717, 1.165) is 42.6 Å². The highest BCUT2D eigenvalue weighted by Crippen LogP contribution is 2.37. The molecule has 0 bridgehead atoms. The molecule has 0 saturated heterocycles. The summed E-state index contributed by atoms with van der Waals surface area (Å²) < 4.78 is 6.78. The lowest BCUT2D eigenvalue weighted by Gasteiger charge is -2.16. The van der Waals surface area contributed by atoms with Crippen molar-refractivity contribution in [3.05, 3.63) is 27.7 Å². The monoisotopic (exact) mass is 297 g/mol. The van der Waals surface area contributed by atoms with Gasteiger partial charge < -0.3 is 15.2 Å². The van der Waals surface area contributed by atoms with E-state index in [-0.39, 0.29) is 12.1 Å². The molecule has 1 aromatic carbocycles. The van der Waals surface area contributed by atoms with Gasteiger partial charge in [-0.3, -0.25) is 0 Å². The van der Waals surface area contributed by atoms with E-state index in [1.165, 1.54) is 11.1 Å². The van der Waals surface area contributed by atoms with Crippen LogP contribution in [-0.4, -0.2) is 23.9 Å². The zero-order valence-corrected chi connectivity index (χ0v) is 11.2. The molecule has 1 aliphatic heterocycles. The van der Waals surface area contributed by atoms with Crippen LogP contribution in [0.15, 0.2) is 16.6 Å². The van der Waals surface area contributed by atoms with Gasteiger partial charge in [0.15, 0.2) is 0 Å². The van der Waals surface area contributed by atoms with Crippen LogP contribution in [0.3, 0.4) is 0 Å². The summed E-state index contributed by atoms with van der Waals surface area (Å²) in [5, 5.41) is 12.7. The molecule has 0 amide bonds. The van der Waals surface area contributed by atoms with E-state index in [4.69, 9.17) is 4.74 Å². The third-order valence-corrected chi connectivity index (χ3v) is 4.09. The zero-order chi connectivity index (χ0) is 11.9. The molecule has 1 heterocycles. The highest BCUT2D eigenvalue weighted by atomic mass is 79.9. The van der Waals surface area contributed by atoms with E-state index in [2.05, 4.69) is 33.4 Å². The Hall–Kier alpha value is -0.580. The second-order valence-corrected chi connectivity index (χ2v) is 5.86. The second-order valence-electron chi connectivity index (χ2n) is 4.94. The van der Waals surface area contributed by atoms with Gasteiger partial charge in [-0.05, 0) is 30.5 Å². The van der Waals surface area contributed by atoms with Crippen LogP contribution in [0.5, 0.6) is 5.75 Å². The number of aliphatic hydroxyl groups is 1. The van der Waals surface area contributed by atoms with Gasteiger partial charge in [0.1, 0.15) is 5.75 Å². The molecule has 0 unspecified atom stereocenters. The van der Waals surface area contributed by atoms with Crippen molar-refractivity contribution in [1.82, 2.24) is 5.32 Å². The lowest BCUT2D eigenvalue weighted by atomic mass is 10.1. The van der Waals surface area contributed by atoms with Crippen molar-refractivity contribution in [3.63, 3.8) is 0 Å². The molecule has 1 saturated carbocycles. The summed E-state index contributed by atoms with van der Waals surface area (Å²) in [6.07, 6.45) is 3.13. The van der Waals surface area contributed by atoms with Crippen LogP contribution < -0.4 is 10.1 Å². The number of ether oxygens (including phenoxy) is 1. The molecule has 0 spiro atoms. The molecule has 92 valence electrons. The van der Waals surface area contributed by atoms with Gasteiger partial charge in [0.05, 0.1) is 13.2 Å². The van der Waals surface area contributed by atoms with Gasteiger partial charge in [0.2, 0.25) is 0 Å². The Morgan fingerprint density at radius 1 is 1.41 bits per heavy atom. The first kappa shape index (κ1) is 11.5. The van der Waals surface area contributed by atoms with E-state index in [1.807, 2.05) is 0 Å². The minimum absolute atomic E-state index is 0.0200. The van der Waals surface area contributed by atoms with Gasteiger partial charge in [0.25, 0.3) is 0 Å². The lowest BCUT2D eigenvalue weighted by molar-refractivity contribution is 0.229. The van der Waals surface area contributed by atoms with Gasteiger partial charge >= 0.3 is 0 Å². The van der Waals surface area contributed by atoms with Crippen LogP contribution in [0.2, 0.25) is 0 Å². The topological polar surface area (TPSA) is 41.5 Å². The van der Waals surface area contributed by atoms with Crippen LogP contribution in [-0.2, 0) is 13.0 Å². The van der Waals surface area contributed by atoms with Crippen molar-refractivity contribution in [2.24, 2.45) is 0 Å². The predicted octanol–water partition coefficient (Wildman–Crippen LogP) is 2.00. The first-order valence-electron chi connectivity index (χ1n) is 6.02. The summed E-state index contributed by atoms with van der Waals surface area (Å²) in [7, 11) is 0. The number of aliphatic hydroxyl groups excluding tert-OH is 1. The van der Waals surface area contributed by atoms with Crippen molar-refractivity contribution < 1.29 is 9.84 Å². The van der Waals surface area contributed by atoms with Crippen molar-refractivity contribution in [2.45, 2.75) is 31.3 Å². The summed E-state index contributed by atoms with van der Waals surface area (Å²) >= 11 is 3.54. The Kier molecular flexibility index (Phi) is 2.89. The first-order valence-corrected chi connectivity index (χ1v) is 6.82. The lowest BCUT2D eigenvalue weighted by Crippen LogP contribution is -2.34. The van der Waals surface area contributed by atoms with Crippen LogP contribution in [0.25, 0.3) is 0 Å². The fraction of sp³-hybridized carbons (Fsp3) is 0.538. The Bertz CT molecular complexity index is 443. The minimum atomic E-state index is -0.0200. The van der Waals surface area contributed by atoms with Crippen molar-refractivity contribution in [2.75, 3.05) is 13.2 Å². The molecule has 1 aromatic rings. The average Bonchev–Trinajstić information content (AvgIpc) is 2.96. The van der Waals surface area contributed by atoms with E-state index in [0.29, 0.717) is 0 Å². The Morgan fingerprint density at radius 2 is 2.24 bits per heavy atom. The normalized spacial score (nSPS) is 19.9. The minimum Gasteiger partial charge on any atom is -0.493 e. The number of hydrogen-bond acceptors (Lipinski definition) is 3. The SMILES string of the molecule is OCC1(NCc2cc(Br)cc3c2OCC3)CC1. The molecular weight excluding hydrogens is 282 g/mol. The first-order chi connectivity index (χ1) is 8.22. The highest BCUT2D eigenvalue weighted by Gasteiger charge is 2.41. The fourth-order valence-corrected chi connectivity index (χ4v) is 2.85. The molecule has 17 heavy (non-hydrogen) atoms. The average molecular weight is 298 g/mol. The van der Waals surface area contributed by atoms with Crippen LogP contribution in [0.1, 0.15) is 24.0 Å². The molecule has 0 atom stereocenters. The summed E-state index contributed by atoms with van der Waals surface area (Å²) in [4.78, 5) is 0. The summed E-state index contributed by atoms with van der Waals surface area (Å²) in [6, 6.07) is 4.23. The van der Waals surface area contributed by atoms with Crippen molar-refractivity contribution in [1.29, 1.82) is 0 Å². The Labute approximate surface area is 109 Å². The highest BCUT2D eigenvalue weighted by molar-refractivity contribution is 9.10. The quantitative estimate of drug-likeness (QED) is 0.893. The molecule has 1 aliphatic carbocycles. The molecular formula is C13H16BrNO2. The summed E-state index contributed by atoms with van der Waals surface area (Å²) in [5.74, 6) is 1.04. The smallest absolute Gasteiger partial charge is 0.127 e. The van der Waals surface area contributed by atoms with Crippen molar-refractivity contribution >= 4 is 15.9 Å². The Morgan fingerprint density at radius 3 is 2.94 bits per heavy atom. The van der Waals surface area contributed by atoms with Crippen LogP contribution in [0.4, 0.5) is 0 Å².